The summed E-state index contributed by atoms with van der Waals surface area (Å²) in [6, 6.07) is 7.14. The fourth-order valence-corrected chi connectivity index (χ4v) is 3.57. The molecule has 0 aliphatic carbocycles. The molecule has 24 heavy (non-hydrogen) atoms. The van der Waals surface area contributed by atoms with Crippen molar-refractivity contribution in [2.24, 2.45) is 0 Å². The van der Waals surface area contributed by atoms with Gasteiger partial charge in [0.2, 0.25) is 10.0 Å². The lowest BCUT2D eigenvalue weighted by Crippen LogP contribution is -2.39. The molecule has 0 bridgehead atoms. The van der Waals surface area contributed by atoms with E-state index in [2.05, 4.69) is 21.9 Å². The van der Waals surface area contributed by atoms with Crippen LogP contribution in [0.25, 0.3) is 0 Å². The first kappa shape index (κ1) is 18.7. The van der Waals surface area contributed by atoms with E-state index in [0.717, 1.165) is 25.8 Å². The molecular weight excluding hydrogens is 326 g/mol. The molecule has 1 atom stereocenters. The zero-order chi connectivity index (χ0) is 17.6. The summed E-state index contributed by atoms with van der Waals surface area (Å²) in [7, 11) is -3.35. The molecule has 1 aromatic carbocycles. The standard InChI is InChI=1S/C17H27N3O3S/c1-14-7-3-4-11-20(14)12-6-10-18-17(21)15-8-5-9-16(13-15)19-24(2,22)23/h5,8-9,13-14,19H,3-4,6-7,10-12H2,1-2H3,(H,18,21). The maximum Gasteiger partial charge on any atom is 0.251 e. The normalized spacial score (nSPS) is 19.0. The zero-order valence-corrected chi connectivity index (χ0v) is 15.2. The smallest absolute Gasteiger partial charge is 0.251 e. The van der Waals surface area contributed by atoms with Crippen molar-refractivity contribution < 1.29 is 13.2 Å². The van der Waals surface area contributed by atoms with Gasteiger partial charge in [-0.3, -0.25) is 9.52 Å². The van der Waals surface area contributed by atoms with Crippen LogP contribution in [0.4, 0.5) is 5.69 Å². The van der Waals surface area contributed by atoms with E-state index >= 15 is 0 Å². The number of benzene rings is 1. The first-order valence-corrected chi connectivity index (χ1v) is 10.3. The summed E-state index contributed by atoms with van der Waals surface area (Å²) in [6.45, 7) is 5.02. The highest BCUT2D eigenvalue weighted by atomic mass is 32.2. The molecule has 1 aromatic rings. The van der Waals surface area contributed by atoms with Crippen molar-refractivity contribution in [3.05, 3.63) is 29.8 Å². The van der Waals surface area contributed by atoms with Gasteiger partial charge in [-0.2, -0.15) is 0 Å². The second-order valence-electron chi connectivity index (χ2n) is 6.45. The van der Waals surface area contributed by atoms with E-state index in [4.69, 9.17) is 0 Å². The van der Waals surface area contributed by atoms with Gasteiger partial charge in [-0.1, -0.05) is 12.5 Å². The van der Waals surface area contributed by atoms with Crippen LogP contribution >= 0.6 is 0 Å². The zero-order valence-electron chi connectivity index (χ0n) is 14.4. The highest BCUT2D eigenvalue weighted by molar-refractivity contribution is 7.92. The second kappa shape index (κ2) is 8.48. The maximum atomic E-state index is 12.2. The summed E-state index contributed by atoms with van der Waals surface area (Å²) in [5, 5.41) is 2.90. The van der Waals surface area contributed by atoms with Gasteiger partial charge in [0.05, 0.1) is 6.26 Å². The summed E-state index contributed by atoms with van der Waals surface area (Å²) >= 11 is 0. The maximum absolute atomic E-state index is 12.2. The van der Waals surface area contributed by atoms with Crippen LogP contribution in [0.2, 0.25) is 0 Å². The number of amides is 1. The van der Waals surface area contributed by atoms with Crippen LogP contribution in [0, 0.1) is 0 Å². The molecule has 7 heteroatoms. The molecule has 2 rings (SSSR count). The quantitative estimate of drug-likeness (QED) is 0.736. The lowest BCUT2D eigenvalue weighted by atomic mass is 10.0. The summed E-state index contributed by atoms with van der Waals surface area (Å²) in [4.78, 5) is 14.7. The minimum atomic E-state index is -3.35. The Morgan fingerprint density at radius 1 is 1.33 bits per heavy atom. The van der Waals surface area contributed by atoms with Gasteiger partial charge in [0.1, 0.15) is 0 Å². The number of rotatable bonds is 7. The lowest BCUT2D eigenvalue weighted by molar-refractivity contribution is 0.0949. The number of likely N-dealkylation sites (tertiary alicyclic amines) is 1. The fourth-order valence-electron chi connectivity index (χ4n) is 3.01. The summed E-state index contributed by atoms with van der Waals surface area (Å²) in [5.41, 5.74) is 0.849. The SMILES string of the molecule is CC1CCCCN1CCCNC(=O)c1cccc(NS(C)(=O)=O)c1. The van der Waals surface area contributed by atoms with Gasteiger partial charge >= 0.3 is 0 Å². The van der Waals surface area contributed by atoms with E-state index in [-0.39, 0.29) is 5.91 Å². The Morgan fingerprint density at radius 2 is 2.12 bits per heavy atom. The van der Waals surface area contributed by atoms with Crippen LogP contribution in [-0.2, 0) is 10.0 Å². The van der Waals surface area contributed by atoms with E-state index in [1.165, 1.54) is 19.3 Å². The summed E-state index contributed by atoms with van der Waals surface area (Å²) < 4.78 is 24.9. The summed E-state index contributed by atoms with van der Waals surface area (Å²) in [5.74, 6) is -0.182. The number of sulfonamides is 1. The van der Waals surface area contributed by atoms with Crippen LogP contribution in [0.5, 0.6) is 0 Å². The second-order valence-corrected chi connectivity index (χ2v) is 8.19. The Labute approximate surface area is 144 Å². The third kappa shape index (κ3) is 6.13. The molecular formula is C17H27N3O3S. The topological polar surface area (TPSA) is 78.5 Å². The predicted molar refractivity (Wildman–Crippen MR) is 96.7 cm³/mol. The van der Waals surface area contributed by atoms with Crippen molar-refractivity contribution in [3.63, 3.8) is 0 Å². The molecule has 1 aliphatic heterocycles. The van der Waals surface area contributed by atoms with Crippen LogP contribution in [0.15, 0.2) is 24.3 Å². The van der Waals surface area contributed by atoms with Crippen molar-refractivity contribution in [1.82, 2.24) is 10.2 Å². The molecule has 0 spiro atoms. The van der Waals surface area contributed by atoms with Gasteiger partial charge in [-0.05, 0) is 50.9 Å². The molecule has 2 N–H and O–H groups in total. The Bertz CT molecular complexity index is 661. The number of hydrogen-bond acceptors (Lipinski definition) is 4. The molecule has 6 nitrogen and oxygen atoms in total. The summed E-state index contributed by atoms with van der Waals surface area (Å²) in [6.07, 6.45) is 5.83. The first-order valence-electron chi connectivity index (χ1n) is 8.45. The van der Waals surface area contributed by atoms with Gasteiger partial charge in [0, 0.05) is 30.4 Å². The van der Waals surface area contributed by atoms with E-state index in [1.54, 1.807) is 24.3 Å². The van der Waals surface area contributed by atoms with E-state index < -0.39 is 10.0 Å². The molecule has 0 aromatic heterocycles. The van der Waals surface area contributed by atoms with Crippen LogP contribution in [-0.4, -0.2) is 51.2 Å². The minimum absolute atomic E-state index is 0.182. The molecule has 1 amide bonds. The largest absolute Gasteiger partial charge is 0.352 e. The van der Waals surface area contributed by atoms with Gasteiger partial charge < -0.3 is 10.2 Å². The third-order valence-electron chi connectivity index (χ3n) is 4.28. The van der Waals surface area contributed by atoms with Crippen molar-refractivity contribution >= 4 is 21.6 Å². The van der Waals surface area contributed by atoms with Gasteiger partial charge in [-0.15, -0.1) is 0 Å². The number of carbonyl (C=O) groups excluding carboxylic acids is 1. The van der Waals surface area contributed by atoms with Gasteiger partial charge in [0.25, 0.3) is 5.91 Å². The van der Waals surface area contributed by atoms with Crippen molar-refractivity contribution in [2.45, 2.75) is 38.6 Å². The number of anilines is 1. The third-order valence-corrected chi connectivity index (χ3v) is 4.88. The molecule has 1 heterocycles. The average Bonchev–Trinajstić information content (AvgIpc) is 2.51. The highest BCUT2D eigenvalue weighted by Gasteiger charge is 2.17. The highest BCUT2D eigenvalue weighted by Crippen LogP contribution is 2.16. The van der Waals surface area contributed by atoms with Crippen LogP contribution in [0.1, 0.15) is 43.0 Å². The number of nitrogens with zero attached hydrogens (tertiary/aromatic N) is 1. The Morgan fingerprint density at radius 3 is 2.83 bits per heavy atom. The number of hydrogen-bond donors (Lipinski definition) is 2. The Balaban J connectivity index is 1.79. The van der Waals surface area contributed by atoms with Crippen molar-refractivity contribution in [2.75, 3.05) is 30.6 Å². The molecule has 0 radical (unpaired) electrons. The monoisotopic (exact) mass is 353 g/mol. The number of piperidine rings is 1. The Hall–Kier alpha value is -1.60. The van der Waals surface area contributed by atoms with Crippen molar-refractivity contribution in [3.8, 4) is 0 Å². The number of nitrogens with one attached hydrogen (secondary N) is 2. The molecule has 1 aliphatic rings. The fraction of sp³-hybridized carbons (Fsp3) is 0.588. The Kier molecular flexibility index (Phi) is 6.62. The van der Waals surface area contributed by atoms with Crippen molar-refractivity contribution in [1.29, 1.82) is 0 Å². The van der Waals surface area contributed by atoms with Gasteiger partial charge in [0.15, 0.2) is 0 Å². The molecule has 0 saturated carbocycles. The predicted octanol–water partition coefficient (Wildman–Crippen LogP) is 2.05. The van der Waals surface area contributed by atoms with Gasteiger partial charge in [-0.25, -0.2) is 8.42 Å². The molecule has 134 valence electrons. The lowest BCUT2D eigenvalue weighted by Gasteiger charge is -2.33. The van der Waals surface area contributed by atoms with E-state index in [9.17, 15) is 13.2 Å². The molecule has 1 fully saturated rings. The molecule has 1 unspecified atom stereocenters. The minimum Gasteiger partial charge on any atom is -0.352 e. The van der Waals surface area contributed by atoms with Crippen LogP contribution in [0.3, 0.4) is 0 Å². The average molecular weight is 353 g/mol. The number of carbonyl (C=O) groups is 1. The van der Waals surface area contributed by atoms with E-state index in [0.29, 0.717) is 23.8 Å². The first-order chi connectivity index (χ1) is 11.3. The van der Waals surface area contributed by atoms with E-state index in [1.807, 2.05) is 0 Å². The van der Waals surface area contributed by atoms with Crippen LogP contribution < -0.4 is 10.0 Å². The molecule has 1 saturated heterocycles.